The Kier molecular flexibility index (Phi) is 8.88. The van der Waals surface area contributed by atoms with Crippen LogP contribution in [-0.2, 0) is 9.59 Å². The molecule has 0 bridgehead atoms. The van der Waals surface area contributed by atoms with Crippen LogP contribution in [0.25, 0.3) is 10.8 Å². The van der Waals surface area contributed by atoms with Crippen LogP contribution in [0.4, 0.5) is 0 Å². The Morgan fingerprint density at radius 1 is 1.03 bits per heavy atom. The minimum atomic E-state index is -1.26. The van der Waals surface area contributed by atoms with Crippen molar-refractivity contribution in [1.29, 1.82) is 0 Å². The number of benzene rings is 2. The van der Waals surface area contributed by atoms with Crippen molar-refractivity contribution in [2.75, 3.05) is 13.6 Å². The van der Waals surface area contributed by atoms with Crippen molar-refractivity contribution in [3.05, 3.63) is 77.0 Å². The SMILES string of the molecule is CNCC[C@H](Oc1cccc2ccccc12)c1cccs1.O=C(O)/C=C\C(=O)O. The highest BCUT2D eigenvalue weighted by Crippen LogP contribution is 2.32. The van der Waals surface area contributed by atoms with Crippen molar-refractivity contribution in [2.24, 2.45) is 0 Å². The fraction of sp³-hybridized carbons (Fsp3) is 0.182. The monoisotopic (exact) mass is 413 g/mol. The van der Waals surface area contributed by atoms with Gasteiger partial charge in [-0.2, -0.15) is 0 Å². The van der Waals surface area contributed by atoms with E-state index < -0.39 is 11.9 Å². The molecule has 0 aliphatic carbocycles. The smallest absolute Gasteiger partial charge is 0.328 e. The molecule has 1 heterocycles. The van der Waals surface area contributed by atoms with Crippen molar-refractivity contribution < 1.29 is 24.5 Å². The second-order valence-corrected chi connectivity index (χ2v) is 6.98. The Balaban J connectivity index is 0.000000321. The van der Waals surface area contributed by atoms with Crippen molar-refractivity contribution in [1.82, 2.24) is 5.32 Å². The van der Waals surface area contributed by atoms with E-state index in [1.54, 1.807) is 11.3 Å². The molecule has 1 aromatic heterocycles. The average Bonchev–Trinajstić information content (AvgIpc) is 3.25. The molecule has 0 saturated carbocycles. The van der Waals surface area contributed by atoms with E-state index in [2.05, 4.69) is 65.3 Å². The number of rotatable bonds is 8. The Bertz CT molecular complexity index is 932. The molecular weight excluding hydrogens is 390 g/mol. The van der Waals surface area contributed by atoms with Gasteiger partial charge in [0, 0.05) is 28.8 Å². The molecule has 3 aromatic rings. The van der Waals surface area contributed by atoms with Crippen LogP contribution in [0.3, 0.4) is 0 Å². The first kappa shape index (κ1) is 22.1. The van der Waals surface area contributed by atoms with Gasteiger partial charge in [0.2, 0.25) is 0 Å². The number of thiophene rings is 1. The van der Waals surface area contributed by atoms with Gasteiger partial charge in [-0.25, -0.2) is 9.59 Å². The highest BCUT2D eigenvalue weighted by atomic mass is 32.1. The molecule has 0 spiro atoms. The molecule has 0 amide bonds. The first-order valence-electron chi connectivity index (χ1n) is 8.97. The third-order valence-electron chi connectivity index (χ3n) is 3.90. The molecule has 152 valence electrons. The molecule has 0 saturated heterocycles. The highest BCUT2D eigenvalue weighted by molar-refractivity contribution is 7.10. The van der Waals surface area contributed by atoms with Crippen LogP contribution >= 0.6 is 11.3 Å². The number of hydrogen-bond acceptors (Lipinski definition) is 5. The first-order chi connectivity index (χ1) is 14.0. The summed E-state index contributed by atoms with van der Waals surface area (Å²) in [4.78, 5) is 20.4. The van der Waals surface area contributed by atoms with Gasteiger partial charge in [0.05, 0.1) is 0 Å². The molecule has 0 aliphatic rings. The number of fused-ring (bicyclic) bond motifs is 1. The van der Waals surface area contributed by atoms with E-state index >= 15 is 0 Å². The fourth-order valence-electron chi connectivity index (χ4n) is 2.60. The predicted molar refractivity (Wildman–Crippen MR) is 115 cm³/mol. The van der Waals surface area contributed by atoms with E-state index in [-0.39, 0.29) is 6.10 Å². The van der Waals surface area contributed by atoms with Gasteiger partial charge in [-0.05, 0) is 36.5 Å². The lowest BCUT2D eigenvalue weighted by Crippen LogP contribution is -2.15. The highest BCUT2D eigenvalue weighted by Gasteiger charge is 2.15. The van der Waals surface area contributed by atoms with Gasteiger partial charge in [-0.15, -0.1) is 11.3 Å². The van der Waals surface area contributed by atoms with E-state index in [0.29, 0.717) is 12.2 Å². The number of nitrogens with one attached hydrogen (secondary N) is 1. The quantitative estimate of drug-likeness (QED) is 0.476. The van der Waals surface area contributed by atoms with Gasteiger partial charge in [0.15, 0.2) is 0 Å². The van der Waals surface area contributed by atoms with Crippen molar-refractivity contribution in [3.8, 4) is 5.75 Å². The summed E-state index contributed by atoms with van der Waals surface area (Å²) in [5.41, 5.74) is 0. The van der Waals surface area contributed by atoms with E-state index in [4.69, 9.17) is 14.9 Å². The lowest BCUT2D eigenvalue weighted by atomic mass is 10.1. The van der Waals surface area contributed by atoms with Crippen LogP contribution in [0.15, 0.2) is 72.1 Å². The summed E-state index contributed by atoms with van der Waals surface area (Å²) in [6.45, 7) is 0.938. The molecule has 29 heavy (non-hydrogen) atoms. The van der Waals surface area contributed by atoms with Crippen molar-refractivity contribution in [3.63, 3.8) is 0 Å². The van der Waals surface area contributed by atoms with Gasteiger partial charge in [-0.1, -0.05) is 42.5 Å². The molecule has 3 N–H and O–H groups in total. The standard InChI is InChI=1S/C18H19NOS.C4H4O4/c1-19-12-11-17(18-10-5-13-21-18)20-16-9-4-7-14-6-2-3-8-15(14)16;5-3(6)1-2-4(7)8/h2-10,13,17,19H,11-12H2,1H3;1-2H,(H,5,6)(H,7,8)/b;2-1-/t17-;/m0./s1. The summed E-state index contributed by atoms with van der Waals surface area (Å²) < 4.78 is 6.34. The molecule has 0 fully saturated rings. The maximum absolute atomic E-state index is 9.55. The van der Waals surface area contributed by atoms with E-state index in [9.17, 15) is 9.59 Å². The maximum Gasteiger partial charge on any atom is 0.328 e. The lowest BCUT2D eigenvalue weighted by molar-refractivity contribution is -0.134. The number of ether oxygens (including phenoxy) is 1. The second kappa shape index (κ2) is 11.6. The molecule has 6 nitrogen and oxygen atoms in total. The second-order valence-electron chi connectivity index (χ2n) is 6.00. The normalized spacial score (nSPS) is 11.6. The summed E-state index contributed by atoms with van der Waals surface area (Å²) in [6, 6.07) is 18.8. The lowest BCUT2D eigenvalue weighted by Gasteiger charge is -2.19. The van der Waals surface area contributed by atoms with Gasteiger partial charge < -0.3 is 20.3 Å². The molecule has 1 atom stereocenters. The zero-order valence-electron chi connectivity index (χ0n) is 15.9. The third kappa shape index (κ3) is 7.40. The summed E-state index contributed by atoms with van der Waals surface area (Å²) in [7, 11) is 1.98. The number of carbonyl (C=O) groups is 2. The van der Waals surface area contributed by atoms with Crippen LogP contribution in [-0.4, -0.2) is 35.7 Å². The maximum atomic E-state index is 9.55. The Hall–Kier alpha value is -3.16. The molecule has 0 radical (unpaired) electrons. The Morgan fingerprint density at radius 3 is 2.34 bits per heavy atom. The van der Waals surface area contributed by atoms with Crippen LogP contribution in [0, 0.1) is 0 Å². The summed E-state index contributed by atoms with van der Waals surface area (Å²) >= 11 is 1.75. The van der Waals surface area contributed by atoms with E-state index in [1.165, 1.54) is 15.6 Å². The molecule has 0 unspecified atom stereocenters. The first-order valence-corrected chi connectivity index (χ1v) is 9.85. The largest absolute Gasteiger partial charge is 0.484 e. The van der Waals surface area contributed by atoms with Crippen LogP contribution in [0.1, 0.15) is 17.4 Å². The fourth-order valence-corrected chi connectivity index (χ4v) is 3.39. The summed E-state index contributed by atoms with van der Waals surface area (Å²) in [6.07, 6.45) is 2.17. The van der Waals surface area contributed by atoms with Gasteiger partial charge >= 0.3 is 11.9 Å². The zero-order valence-corrected chi connectivity index (χ0v) is 16.8. The summed E-state index contributed by atoms with van der Waals surface area (Å²) in [5.74, 6) is -1.55. The molecule has 0 aliphatic heterocycles. The number of carboxylic acid groups (broad SMARTS) is 2. The topological polar surface area (TPSA) is 95.9 Å². The summed E-state index contributed by atoms with van der Waals surface area (Å²) in [5, 5.41) is 23.3. The molecular formula is C22H23NO5S. The van der Waals surface area contributed by atoms with Crippen molar-refractivity contribution in [2.45, 2.75) is 12.5 Å². The van der Waals surface area contributed by atoms with E-state index in [0.717, 1.165) is 18.7 Å². The van der Waals surface area contributed by atoms with E-state index in [1.807, 2.05) is 7.05 Å². The molecule has 2 aromatic carbocycles. The number of hydrogen-bond donors (Lipinski definition) is 3. The van der Waals surface area contributed by atoms with Gasteiger partial charge in [-0.3, -0.25) is 0 Å². The minimum absolute atomic E-state index is 0.100. The molecule has 7 heteroatoms. The van der Waals surface area contributed by atoms with Crippen molar-refractivity contribution >= 4 is 34.0 Å². The third-order valence-corrected chi connectivity index (χ3v) is 4.87. The number of aliphatic carboxylic acids is 2. The Morgan fingerprint density at radius 2 is 1.72 bits per heavy atom. The minimum Gasteiger partial charge on any atom is -0.484 e. The van der Waals surface area contributed by atoms with Gasteiger partial charge in [0.25, 0.3) is 0 Å². The zero-order chi connectivity index (χ0) is 21.1. The Labute approximate surface area is 173 Å². The van der Waals surface area contributed by atoms with Crippen LogP contribution < -0.4 is 10.1 Å². The number of carboxylic acids is 2. The average molecular weight is 413 g/mol. The predicted octanol–water partition coefficient (Wildman–Crippen LogP) is 4.34. The van der Waals surface area contributed by atoms with Crippen LogP contribution in [0.2, 0.25) is 0 Å². The molecule has 3 rings (SSSR count). The van der Waals surface area contributed by atoms with Crippen LogP contribution in [0.5, 0.6) is 5.75 Å². The van der Waals surface area contributed by atoms with Gasteiger partial charge in [0.1, 0.15) is 11.9 Å².